The molecule has 0 fully saturated rings. The summed E-state index contributed by atoms with van der Waals surface area (Å²) in [5.74, 6) is 1.59. The summed E-state index contributed by atoms with van der Waals surface area (Å²) < 4.78 is 5.18. The van der Waals surface area contributed by atoms with Gasteiger partial charge in [-0.15, -0.1) is 11.8 Å². The molecule has 0 radical (unpaired) electrons. The van der Waals surface area contributed by atoms with Gasteiger partial charge in [0.25, 0.3) is 0 Å². The van der Waals surface area contributed by atoms with E-state index in [0.29, 0.717) is 23.1 Å². The Morgan fingerprint density at radius 1 is 1.06 bits per heavy atom. The van der Waals surface area contributed by atoms with Gasteiger partial charge in [0.2, 0.25) is 11.8 Å². The average molecular weight is 463 g/mol. The molecule has 0 aliphatic heterocycles. The number of ether oxygens (including phenoxy) is 1. The van der Waals surface area contributed by atoms with Gasteiger partial charge in [0.05, 0.1) is 12.9 Å². The topological polar surface area (TPSA) is 58.6 Å². The monoisotopic (exact) mass is 462 g/mol. The molecule has 2 atom stereocenters. The summed E-state index contributed by atoms with van der Waals surface area (Å²) in [5, 5.41) is 3.62. The molecule has 2 aromatic rings. The van der Waals surface area contributed by atoms with Crippen LogP contribution < -0.4 is 10.1 Å². The second-order valence-electron chi connectivity index (χ2n) is 7.48. The third-order valence-corrected chi connectivity index (χ3v) is 6.33. The molecule has 0 aliphatic rings. The highest BCUT2D eigenvalue weighted by Gasteiger charge is 2.26. The third-order valence-electron chi connectivity index (χ3n) is 5.09. The van der Waals surface area contributed by atoms with E-state index in [1.807, 2.05) is 50.2 Å². The van der Waals surface area contributed by atoms with E-state index < -0.39 is 6.04 Å². The summed E-state index contributed by atoms with van der Waals surface area (Å²) in [6.45, 7) is 6.11. The van der Waals surface area contributed by atoms with E-state index in [2.05, 4.69) is 5.32 Å². The van der Waals surface area contributed by atoms with Crippen LogP contribution in [-0.4, -0.2) is 41.7 Å². The number of nitrogens with zero attached hydrogens (tertiary/aromatic N) is 1. The molecule has 1 N–H and O–H groups in total. The highest BCUT2D eigenvalue weighted by molar-refractivity contribution is 7.99. The number of thioether (sulfide) groups is 1. The Hall–Kier alpha value is -2.18. The fourth-order valence-electron chi connectivity index (χ4n) is 2.90. The highest BCUT2D eigenvalue weighted by atomic mass is 35.5. The Morgan fingerprint density at radius 2 is 1.68 bits per heavy atom. The summed E-state index contributed by atoms with van der Waals surface area (Å²) in [6, 6.07) is 14.6. The Bertz CT molecular complexity index is 843. The lowest BCUT2D eigenvalue weighted by molar-refractivity contribution is -0.138. The quantitative estimate of drug-likeness (QED) is 0.515. The van der Waals surface area contributed by atoms with E-state index in [0.717, 1.165) is 23.3 Å². The lowest BCUT2D eigenvalue weighted by atomic mass is 10.1. The molecule has 0 heterocycles. The molecule has 2 aromatic carbocycles. The first-order valence-electron chi connectivity index (χ1n) is 10.4. The number of amides is 2. The summed E-state index contributed by atoms with van der Waals surface area (Å²) >= 11 is 7.52. The van der Waals surface area contributed by atoms with Crippen LogP contribution in [0, 0.1) is 0 Å². The molecule has 168 valence electrons. The summed E-state index contributed by atoms with van der Waals surface area (Å²) in [6.07, 6.45) is 0.835. The van der Waals surface area contributed by atoms with Gasteiger partial charge in [-0.3, -0.25) is 9.59 Å². The van der Waals surface area contributed by atoms with Crippen molar-refractivity contribution in [3.05, 3.63) is 64.7 Å². The minimum absolute atomic E-state index is 0.0619. The second kappa shape index (κ2) is 12.6. The molecule has 31 heavy (non-hydrogen) atoms. The van der Waals surface area contributed by atoms with Crippen LogP contribution in [0.3, 0.4) is 0 Å². The van der Waals surface area contributed by atoms with Crippen molar-refractivity contribution in [2.24, 2.45) is 0 Å². The number of methoxy groups -OCH3 is 1. The molecule has 2 unspecified atom stereocenters. The number of halogens is 1. The number of carbonyl (C=O) groups excluding carboxylic acids is 2. The fraction of sp³-hybridized carbons (Fsp3) is 0.417. The van der Waals surface area contributed by atoms with Gasteiger partial charge in [-0.25, -0.2) is 0 Å². The van der Waals surface area contributed by atoms with E-state index in [9.17, 15) is 9.59 Å². The zero-order valence-corrected chi connectivity index (χ0v) is 20.1. The van der Waals surface area contributed by atoms with E-state index in [1.165, 1.54) is 11.8 Å². The van der Waals surface area contributed by atoms with Gasteiger partial charge in [0.1, 0.15) is 11.8 Å². The molecule has 0 aromatic heterocycles. The summed E-state index contributed by atoms with van der Waals surface area (Å²) in [7, 11) is 1.64. The second-order valence-corrected chi connectivity index (χ2v) is 8.90. The van der Waals surface area contributed by atoms with Crippen molar-refractivity contribution in [1.82, 2.24) is 10.2 Å². The molecular formula is C24H31ClN2O3S. The minimum atomic E-state index is -0.571. The van der Waals surface area contributed by atoms with Crippen molar-refractivity contribution in [2.75, 3.05) is 12.9 Å². The fourth-order valence-corrected chi connectivity index (χ4v) is 3.89. The van der Waals surface area contributed by atoms with Crippen molar-refractivity contribution in [2.45, 2.75) is 51.6 Å². The van der Waals surface area contributed by atoms with Gasteiger partial charge in [-0.05, 0) is 55.7 Å². The number of rotatable bonds is 11. The van der Waals surface area contributed by atoms with Crippen LogP contribution >= 0.6 is 23.4 Å². The van der Waals surface area contributed by atoms with Crippen molar-refractivity contribution >= 4 is 35.2 Å². The molecule has 0 aliphatic carbocycles. The predicted octanol–water partition coefficient (Wildman–Crippen LogP) is 4.91. The highest BCUT2D eigenvalue weighted by Crippen LogP contribution is 2.19. The van der Waals surface area contributed by atoms with Gasteiger partial charge >= 0.3 is 0 Å². The molecule has 5 nitrogen and oxygen atoms in total. The first kappa shape index (κ1) is 25.1. The van der Waals surface area contributed by atoms with E-state index >= 15 is 0 Å². The normalized spacial score (nSPS) is 12.7. The van der Waals surface area contributed by atoms with Crippen molar-refractivity contribution in [3.8, 4) is 5.75 Å². The number of benzene rings is 2. The molecule has 0 bridgehead atoms. The smallest absolute Gasteiger partial charge is 0.242 e. The summed E-state index contributed by atoms with van der Waals surface area (Å²) in [4.78, 5) is 27.4. The van der Waals surface area contributed by atoms with Crippen LogP contribution in [0.25, 0.3) is 0 Å². The Labute approximate surface area is 194 Å². The standard InChI is InChI=1S/C24H31ClN2O3S/c1-5-17(2)26-24(29)18(3)27(14-19-6-10-21(25)11-7-19)23(28)16-31-15-20-8-12-22(30-4)13-9-20/h6-13,17-18H,5,14-16H2,1-4H3,(H,26,29). The van der Waals surface area contributed by atoms with E-state index in [-0.39, 0.29) is 17.9 Å². The first-order valence-corrected chi connectivity index (χ1v) is 11.9. The Balaban J connectivity index is 2.04. The number of hydrogen-bond acceptors (Lipinski definition) is 4. The van der Waals surface area contributed by atoms with Crippen molar-refractivity contribution in [3.63, 3.8) is 0 Å². The molecular weight excluding hydrogens is 432 g/mol. The summed E-state index contributed by atoms with van der Waals surface area (Å²) in [5.41, 5.74) is 2.05. The van der Waals surface area contributed by atoms with Gasteiger partial charge in [-0.2, -0.15) is 0 Å². The molecule has 0 spiro atoms. The maximum atomic E-state index is 13.1. The SMILES string of the molecule is CCC(C)NC(=O)C(C)N(Cc1ccc(Cl)cc1)C(=O)CSCc1ccc(OC)cc1. The first-order chi connectivity index (χ1) is 14.8. The van der Waals surface area contributed by atoms with Crippen molar-refractivity contribution < 1.29 is 14.3 Å². The Morgan fingerprint density at radius 3 is 2.26 bits per heavy atom. The van der Waals surface area contributed by atoms with Crippen LogP contribution in [0.1, 0.15) is 38.3 Å². The van der Waals surface area contributed by atoms with E-state index in [1.54, 1.807) is 31.1 Å². The van der Waals surface area contributed by atoms with E-state index in [4.69, 9.17) is 16.3 Å². The lowest BCUT2D eigenvalue weighted by Gasteiger charge is -2.29. The Kier molecular flexibility index (Phi) is 10.2. The maximum absolute atomic E-state index is 13.1. The minimum Gasteiger partial charge on any atom is -0.497 e. The maximum Gasteiger partial charge on any atom is 0.242 e. The third kappa shape index (κ3) is 8.11. The zero-order chi connectivity index (χ0) is 22.8. The van der Waals surface area contributed by atoms with Crippen LogP contribution in [0.4, 0.5) is 0 Å². The molecule has 7 heteroatoms. The van der Waals surface area contributed by atoms with Crippen LogP contribution in [0.2, 0.25) is 5.02 Å². The average Bonchev–Trinajstić information content (AvgIpc) is 2.78. The molecule has 2 amide bonds. The van der Waals surface area contributed by atoms with Gasteiger partial charge in [0, 0.05) is 23.4 Å². The van der Waals surface area contributed by atoms with Crippen LogP contribution in [0.15, 0.2) is 48.5 Å². The molecule has 0 saturated carbocycles. The molecule has 2 rings (SSSR count). The predicted molar refractivity (Wildman–Crippen MR) is 129 cm³/mol. The van der Waals surface area contributed by atoms with Gasteiger partial charge in [0.15, 0.2) is 0 Å². The van der Waals surface area contributed by atoms with Crippen LogP contribution in [0.5, 0.6) is 5.75 Å². The zero-order valence-electron chi connectivity index (χ0n) is 18.6. The van der Waals surface area contributed by atoms with Gasteiger partial charge in [-0.1, -0.05) is 42.8 Å². The van der Waals surface area contributed by atoms with Crippen molar-refractivity contribution in [1.29, 1.82) is 0 Å². The largest absolute Gasteiger partial charge is 0.497 e. The number of carbonyl (C=O) groups is 2. The number of nitrogens with one attached hydrogen (secondary N) is 1. The molecule has 0 saturated heterocycles. The lowest BCUT2D eigenvalue weighted by Crippen LogP contribution is -2.50. The number of hydrogen-bond donors (Lipinski definition) is 1. The van der Waals surface area contributed by atoms with Crippen LogP contribution in [-0.2, 0) is 21.9 Å². The van der Waals surface area contributed by atoms with Gasteiger partial charge < -0.3 is 15.0 Å².